The number of hydrogen-bond acceptors (Lipinski definition) is 6. The van der Waals surface area contributed by atoms with Gasteiger partial charge < -0.3 is 4.90 Å². The fraction of sp³-hybridized carbons (Fsp3) is 0.0952. The third-order valence-corrected chi connectivity index (χ3v) is 6.52. The number of anilines is 1. The van der Waals surface area contributed by atoms with Crippen molar-refractivity contribution >= 4 is 59.7 Å². The van der Waals surface area contributed by atoms with Crippen LogP contribution in [0, 0.1) is 0 Å². The lowest BCUT2D eigenvalue weighted by atomic mass is 10.1. The van der Waals surface area contributed by atoms with Gasteiger partial charge in [0, 0.05) is 25.0 Å². The molecule has 0 fully saturated rings. The van der Waals surface area contributed by atoms with E-state index in [0.29, 0.717) is 16.4 Å². The van der Waals surface area contributed by atoms with Crippen LogP contribution in [0.15, 0.2) is 71.5 Å². The molecule has 0 saturated heterocycles. The molecule has 0 N–H and O–H groups in total. The number of benzene rings is 2. The Kier molecular flexibility index (Phi) is 3.99. The van der Waals surface area contributed by atoms with Crippen molar-refractivity contribution in [3.63, 3.8) is 0 Å². The third kappa shape index (κ3) is 2.80. The lowest BCUT2D eigenvalue weighted by Gasteiger charge is -2.08. The van der Waals surface area contributed by atoms with Crippen LogP contribution in [0.5, 0.6) is 0 Å². The lowest BCUT2D eigenvalue weighted by Crippen LogP contribution is -2.22. The fourth-order valence-corrected chi connectivity index (χ4v) is 5.13. The Hall–Kier alpha value is -3.03. The standard InChI is InChI=1S/C21H16N4OS2/c1-24(2)12-14-19(18-11-13-7-3-5-9-16(13)27-18)23-25(20(14)26)21-22-15-8-4-6-10-17(15)28-21/h3-12H,1-2H3. The summed E-state index contributed by atoms with van der Waals surface area (Å²) >= 11 is 3.11. The number of thiazole rings is 1. The topological polar surface area (TPSA) is 48.8 Å². The van der Waals surface area contributed by atoms with Crippen molar-refractivity contribution in [1.29, 1.82) is 0 Å². The van der Waals surface area contributed by atoms with Crippen molar-refractivity contribution in [2.24, 2.45) is 5.10 Å². The predicted octanol–water partition coefficient (Wildman–Crippen LogP) is 4.71. The number of hydrazone groups is 1. The predicted molar refractivity (Wildman–Crippen MR) is 117 cm³/mol. The molecule has 4 aromatic rings. The van der Waals surface area contributed by atoms with Gasteiger partial charge in [-0.1, -0.05) is 41.7 Å². The number of carbonyl (C=O) groups is 1. The summed E-state index contributed by atoms with van der Waals surface area (Å²) in [4.78, 5) is 20.7. The molecule has 0 atom stereocenters. The molecule has 0 radical (unpaired) electrons. The summed E-state index contributed by atoms with van der Waals surface area (Å²) in [5.74, 6) is -0.153. The van der Waals surface area contributed by atoms with E-state index in [4.69, 9.17) is 5.10 Å². The SMILES string of the molecule is CN(C)C=C1C(=O)N(c2nc3ccccc3s2)N=C1c1cc2ccccc2s1. The lowest BCUT2D eigenvalue weighted by molar-refractivity contribution is -0.114. The van der Waals surface area contributed by atoms with Crippen LogP contribution in [0.3, 0.4) is 0 Å². The van der Waals surface area contributed by atoms with Crippen LogP contribution in [-0.4, -0.2) is 35.6 Å². The van der Waals surface area contributed by atoms with Gasteiger partial charge in [-0.25, -0.2) is 4.98 Å². The summed E-state index contributed by atoms with van der Waals surface area (Å²) in [6, 6.07) is 18.2. The molecule has 2 aromatic heterocycles. The zero-order chi connectivity index (χ0) is 19.3. The number of rotatable bonds is 3. The quantitative estimate of drug-likeness (QED) is 0.465. The summed E-state index contributed by atoms with van der Waals surface area (Å²) in [5, 5.41) is 7.87. The maximum absolute atomic E-state index is 13.2. The fourth-order valence-electron chi connectivity index (χ4n) is 3.15. The second kappa shape index (κ2) is 6.54. The highest BCUT2D eigenvalue weighted by atomic mass is 32.1. The van der Waals surface area contributed by atoms with Crippen molar-refractivity contribution in [3.8, 4) is 0 Å². The van der Waals surface area contributed by atoms with Crippen LogP contribution in [0.4, 0.5) is 5.13 Å². The molecule has 0 spiro atoms. The van der Waals surface area contributed by atoms with Crippen molar-refractivity contribution in [2.45, 2.75) is 0 Å². The normalized spacial score (nSPS) is 15.8. The second-order valence-corrected chi connectivity index (χ2v) is 8.78. The van der Waals surface area contributed by atoms with E-state index in [0.717, 1.165) is 20.5 Å². The van der Waals surface area contributed by atoms with Crippen molar-refractivity contribution in [1.82, 2.24) is 9.88 Å². The smallest absolute Gasteiger partial charge is 0.284 e. The van der Waals surface area contributed by atoms with Gasteiger partial charge in [-0.05, 0) is 29.7 Å². The molecule has 28 heavy (non-hydrogen) atoms. The largest absolute Gasteiger partial charge is 0.383 e. The zero-order valence-corrected chi connectivity index (χ0v) is 16.9. The highest BCUT2D eigenvalue weighted by molar-refractivity contribution is 7.22. The Labute approximate surface area is 169 Å². The van der Waals surface area contributed by atoms with Gasteiger partial charge in [0.1, 0.15) is 5.71 Å². The molecule has 5 rings (SSSR count). The monoisotopic (exact) mass is 404 g/mol. The Bertz CT molecular complexity index is 1220. The van der Waals surface area contributed by atoms with Gasteiger partial charge in [-0.3, -0.25) is 4.79 Å². The van der Waals surface area contributed by atoms with Crippen LogP contribution in [0.2, 0.25) is 0 Å². The van der Waals surface area contributed by atoms with Gasteiger partial charge in [0.05, 0.1) is 20.7 Å². The molecule has 2 aromatic carbocycles. The summed E-state index contributed by atoms with van der Waals surface area (Å²) in [6.45, 7) is 0. The van der Waals surface area contributed by atoms with Crippen LogP contribution in [0.25, 0.3) is 20.3 Å². The number of para-hydroxylation sites is 1. The van der Waals surface area contributed by atoms with Gasteiger partial charge in [0.15, 0.2) is 0 Å². The number of fused-ring (bicyclic) bond motifs is 2. The van der Waals surface area contributed by atoms with E-state index in [9.17, 15) is 4.79 Å². The average Bonchev–Trinajstić information content (AvgIpc) is 3.37. The first-order chi connectivity index (χ1) is 13.6. The molecule has 7 heteroatoms. The molecule has 0 aliphatic carbocycles. The minimum atomic E-state index is -0.153. The Morgan fingerprint density at radius 1 is 1.00 bits per heavy atom. The Morgan fingerprint density at radius 3 is 2.50 bits per heavy atom. The van der Waals surface area contributed by atoms with Crippen LogP contribution in [-0.2, 0) is 4.79 Å². The first-order valence-electron chi connectivity index (χ1n) is 8.76. The van der Waals surface area contributed by atoms with E-state index >= 15 is 0 Å². The van der Waals surface area contributed by atoms with Gasteiger partial charge in [-0.15, -0.1) is 11.3 Å². The number of hydrogen-bond donors (Lipinski definition) is 0. The van der Waals surface area contributed by atoms with E-state index < -0.39 is 0 Å². The summed E-state index contributed by atoms with van der Waals surface area (Å²) in [6.07, 6.45) is 1.83. The van der Waals surface area contributed by atoms with E-state index in [1.807, 2.05) is 61.6 Å². The van der Waals surface area contributed by atoms with E-state index in [1.54, 1.807) is 11.3 Å². The first-order valence-corrected chi connectivity index (χ1v) is 10.4. The van der Waals surface area contributed by atoms with Crippen LogP contribution >= 0.6 is 22.7 Å². The Balaban J connectivity index is 1.65. The molecule has 1 aliphatic heterocycles. The minimum Gasteiger partial charge on any atom is -0.383 e. The van der Waals surface area contributed by atoms with Gasteiger partial charge >= 0.3 is 0 Å². The highest BCUT2D eigenvalue weighted by Gasteiger charge is 2.34. The van der Waals surface area contributed by atoms with Crippen LogP contribution < -0.4 is 5.01 Å². The van der Waals surface area contributed by atoms with E-state index in [-0.39, 0.29) is 5.91 Å². The van der Waals surface area contributed by atoms with E-state index in [1.165, 1.54) is 21.0 Å². The van der Waals surface area contributed by atoms with Crippen molar-refractivity contribution in [3.05, 3.63) is 71.2 Å². The minimum absolute atomic E-state index is 0.153. The molecule has 5 nitrogen and oxygen atoms in total. The first kappa shape index (κ1) is 17.1. The molecular weight excluding hydrogens is 388 g/mol. The Morgan fingerprint density at radius 2 is 1.75 bits per heavy atom. The van der Waals surface area contributed by atoms with Gasteiger partial charge in [-0.2, -0.15) is 10.1 Å². The summed E-state index contributed by atoms with van der Waals surface area (Å²) < 4.78 is 2.21. The molecule has 1 amide bonds. The summed E-state index contributed by atoms with van der Waals surface area (Å²) in [5.41, 5.74) is 2.15. The van der Waals surface area contributed by atoms with Gasteiger partial charge in [0.25, 0.3) is 5.91 Å². The molecule has 0 bridgehead atoms. The maximum atomic E-state index is 13.2. The number of carbonyl (C=O) groups excluding carboxylic acids is 1. The molecule has 3 heterocycles. The zero-order valence-electron chi connectivity index (χ0n) is 15.3. The van der Waals surface area contributed by atoms with Crippen molar-refractivity contribution in [2.75, 3.05) is 19.1 Å². The number of nitrogens with zero attached hydrogens (tertiary/aromatic N) is 4. The molecule has 0 unspecified atom stereocenters. The number of aromatic nitrogens is 1. The maximum Gasteiger partial charge on any atom is 0.284 e. The molecule has 1 aliphatic rings. The average molecular weight is 405 g/mol. The van der Waals surface area contributed by atoms with Crippen molar-refractivity contribution < 1.29 is 4.79 Å². The molecular formula is C21H16N4OS2. The number of thiophene rings is 1. The summed E-state index contributed by atoms with van der Waals surface area (Å²) in [7, 11) is 3.81. The van der Waals surface area contributed by atoms with Crippen LogP contribution in [0.1, 0.15) is 4.88 Å². The molecule has 138 valence electrons. The highest BCUT2D eigenvalue weighted by Crippen LogP contribution is 2.35. The number of amides is 1. The van der Waals surface area contributed by atoms with Gasteiger partial charge in [0.2, 0.25) is 5.13 Å². The second-order valence-electron chi connectivity index (χ2n) is 6.68. The third-order valence-electron chi connectivity index (χ3n) is 4.39. The molecule has 0 saturated carbocycles. The van der Waals surface area contributed by atoms with E-state index in [2.05, 4.69) is 23.2 Å².